The first-order chi connectivity index (χ1) is 22.7. The van der Waals surface area contributed by atoms with E-state index in [0.29, 0.717) is 24.8 Å². The van der Waals surface area contributed by atoms with Crippen molar-refractivity contribution in [1.29, 1.82) is 0 Å². The van der Waals surface area contributed by atoms with Crippen LogP contribution in [0.2, 0.25) is 0 Å². The van der Waals surface area contributed by atoms with Gasteiger partial charge in [-0.2, -0.15) is 26.3 Å². The Morgan fingerprint density at radius 1 is 0.878 bits per heavy atom. The number of hydrogen-bond donors (Lipinski definition) is 1. The van der Waals surface area contributed by atoms with Gasteiger partial charge in [0.15, 0.2) is 0 Å². The number of amides is 3. The topological polar surface area (TPSA) is 95.1 Å². The molecule has 1 unspecified atom stereocenters. The number of nitrogens with zero attached hydrogens (tertiary/aromatic N) is 4. The maximum atomic E-state index is 14.3. The number of piperidine rings is 1. The lowest BCUT2D eigenvalue weighted by Gasteiger charge is -2.46. The Kier molecular flexibility index (Phi) is 11.4. The first-order valence-electron chi connectivity index (χ1n) is 15.3. The molecule has 0 spiro atoms. The van der Waals surface area contributed by atoms with E-state index in [0.717, 1.165) is 47.2 Å². The van der Waals surface area contributed by atoms with Crippen LogP contribution in [-0.2, 0) is 21.9 Å². The van der Waals surface area contributed by atoms with Crippen molar-refractivity contribution in [1.82, 2.24) is 14.8 Å². The molecule has 264 valence electrons. The highest BCUT2D eigenvalue weighted by atomic mass is 35.5. The number of carbonyl (C=O) groups is 3. The van der Waals surface area contributed by atoms with Gasteiger partial charge in [0.25, 0.3) is 11.8 Å². The van der Waals surface area contributed by atoms with Crippen LogP contribution in [0.1, 0.15) is 47.7 Å². The Morgan fingerprint density at radius 3 is 2.18 bits per heavy atom. The molecule has 3 aromatic rings. The van der Waals surface area contributed by atoms with Crippen LogP contribution in [0, 0.1) is 0 Å². The molecule has 0 saturated carbocycles. The number of likely N-dealkylation sites (tertiary alicyclic amines) is 1. The minimum atomic E-state index is -4.84. The molecule has 16 heteroatoms. The van der Waals surface area contributed by atoms with Crippen molar-refractivity contribution in [2.45, 2.75) is 44.1 Å². The molecule has 0 bridgehead atoms. The second kappa shape index (κ2) is 14.9. The number of benzene rings is 2. The lowest BCUT2D eigenvalue weighted by molar-refractivity contribution is -0.153. The summed E-state index contributed by atoms with van der Waals surface area (Å²) in [6, 6.07) is 11.7. The minimum absolute atomic E-state index is 0. The predicted octanol–water partition coefficient (Wildman–Crippen LogP) is 6.29. The molecule has 1 N–H and O–H groups in total. The third kappa shape index (κ3) is 8.38. The number of alkyl halides is 6. The largest absolute Gasteiger partial charge is 0.476 e. The summed E-state index contributed by atoms with van der Waals surface area (Å²) >= 11 is 0. The number of rotatable bonds is 7. The van der Waals surface area contributed by atoms with Crippen LogP contribution < -0.4 is 15.0 Å². The van der Waals surface area contributed by atoms with E-state index in [1.807, 2.05) is 17.0 Å². The van der Waals surface area contributed by atoms with Gasteiger partial charge in [-0.05, 0) is 55.3 Å². The van der Waals surface area contributed by atoms with Crippen molar-refractivity contribution in [3.05, 3.63) is 83.7 Å². The zero-order valence-corrected chi connectivity index (χ0v) is 27.1. The quantitative estimate of drug-likeness (QED) is 0.290. The highest BCUT2D eigenvalue weighted by Gasteiger charge is 2.49. The molecule has 1 aromatic heterocycles. The third-order valence-electron chi connectivity index (χ3n) is 8.39. The van der Waals surface area contributed by atoms with Gasteiger partial charge in [-0.25, -0.2) is 0 Å². The smallest absolute Gasteiger partial charge is 0.417 e. The molecule has 2 aromatic carbocycles. The van der Waals surface area contributed by atoms with Gasteiger partial charge in [0.05, 0.1) is 34.6 Å². The van der Waals surface area contributed by atoms with E-state index in [1.54, 1.807) is 19.1 Å². The number of piperazine rings is 1. The Labute approximate surface area is 284 Å². The first kappa shape index (κ1) is 37.3. The molecule has 9 nitrogen and oxygen atoms in total. The SMILES string of the molecule is CCC(=O)Nc1ccccc1N1CCN(C(=O)C2(Oc3ccc(C(F)(F)F)cc3)CCCN(C(=O)c3cnccc3C(F)(F)F)C2)CC1.Cl. The number of hydrogen-bond acceptors (Lipinski definition) is 6. The molecular weight excluding hydrogens is 680 g/mol. The van der Waals surface area contributed by atoms with Gasteiger partial charge < -0.3 is 24.8 Å². The minimum Gasteiger partial charge on any atom is -0.476 e. The third-order valence-corrected chi connectivity index (χ3v) is 8.39. The summed E-state index contributed by atoms with van der Waals surface area (Å²) in [5, 5.41) is 2.87. The fraction of sp³-hybridized carbons (Fsp3) is 0.394. The van der Waals surface area contributed by atoms with Gasteiger partial charge in [-0.3, -0.25) is 19.4 Å². The second-order valence-corrected chi connectivity index (χ2v) is 11.6. The van der Waals surface area contributed by atoms with Crippen LogP contribution in [0.15, 0.2) is 67.0 Å². The second-order valence-electron chi connectivity index (χ2n) is 11.6. The van der Waals surface area contributed by atoms with Gasteiger partial charge in [0.2, 0.25) is 11.5 Å². The molecule has 3 heterocycles. The summed E-state index contributed by atoms with van der Waals surface area (Å²) in [4.78, 5) is 48.3. The van der Waals surface area contributed by atoms with Crippen molar-refractivity contribution in [3.63, 3.8) is 0 Å². The monoisotopic (exact) mass is 713 g/mol. The maximum absolute atomic E-state index is 14.3. The Balaban J connectivity index is 0.00000541. The molecule has 2 saturated heterocycles. The maximum Gasteiger partial charge on any atom is 0.417 e. The molecule has 0 radical (unpaired) electrons. The number of carbonyl (C=O) groups excluding carboxylic acids is 3. The zero-order chi connectivity index (χ0) is 34.7. The van der Waals surface area contributed by atoms with E-state index in [9.17, 15) is 40.7 Å². The van der Waals surface area contributed by atoms with Gasteiger partial charge in [0.1, 0.15) is 5.75 Å². The van der Waals surface area contributed by atoms with E-state index < -0.39 is 53.0 Å². The van der Waals surface area contributed by atoms with Crippen LogP contribution in [0.3, 0.4) is 0 Å². The van der Waals surface area contributed by atoms with Crippen molar-refractivity contribution in [2.75, 3.05) is 49.5 Å². The number of anilines is 2. The number of ether oxygens (including phenoxy) is 1. The summed E-state index contributed by atoms with van der Waals surface area (Å²) in [5.41, 5.74) is -3.23. The van der Waals surface area contributed by atoms with E-state index in [4.69, 9.17) is 4.74 Å². The van der Waals surface area contributed by atoms with Gasteiger partial charge >= 0.3 is 12.4 Å². The van der Waals surface area contributed by atoms with Crippen molar-refractivity contribution in [2.24, 2.45) is 0 Å². The lowest BCUT2D eigenvalue weighted by atomic mass is 9.89. The molecule has 1 atom stereocenters. The zero-order valence-electron chi connectivity index (χ0n) is 26.3. The number of halogens is 7. The fourth-order valence-electron chi connectivity index (χ4n) is 5.95. The van der Waals surface area contributed by atoms with Gasteiger partial charge in [0, 0.05) is 51.5 Å². The average molecular weight is 714 g/mol. The molecule has 2 aliphatic rings. The van der Waals surface area contributed by atoms with E-state index >= 15 is 0 Å². The highest BCUT2D eigenvalue weighted by molar-refractivity contribution is 5.97. The fourth-order valence-corrected chi connectivity index (χ4v) is 5.95. The van der Waals surface area contributed by atoms with E-state index in [2.05, 4.69) is 10.3 Å². The van der Waals surface area contributed by atoms with Crippen LogP contribution in [0.4, 0.5) is 37.7 Å². The van der Waals surface area contributed by atoms with E-state index in [-0.39, 0.29) is 63.0 Å². The van der Waals surface area contributed by atoms with Crippen molar-refractivity contribution in [3.8, 4) is 5.75 Å². The average Bonchev–Trinajstić information content (AvgIpc) is 3.07. The van der Waals surface area contributed by atoms with Crippen LogP contribution in [0.25, 0.3) is 0 Å². The molecular formula is C33H34ClF6N5O4. The molecule has 2 aliphatic heterocycles. The highest BCUT2D eigenvalue weighted by Crippen LogP contribution is 2.36. The van der Waals surface area contributed by atoms with Crippen LogP contribution in [-0.4, -0.2) is 77.4 Å². The van der Waals surface area contributed by atoms with Crippen molar-refractivity contribution >= 4 is 41.5 Å². The Morgan fingerprint density at radius 2 is 1.55 bits per heavy atom. The molecule has 2 fully saturated rings. The summed E-state index contributed by atoms with van der Waals surface area (Å²) in [7, 11) is 0. The summed E-state index contributed by atoms with van der Waals surface area (Å²) in [5.74, 6) is -1.78. The Hall–Kier alpha value is -4.53. The van der Waals surface area contributed by atoms with Crippen LogP contribution in [0.5, 0.6) is 5.75 Å². The summed E-state index contributed by atoms with van der Waals surface area (Å²) < 4.78 is 87.2. The number of para-hydroxylation sites is 2. The lowest BCUT2D eigenvalue weighted by Crippen LogP contribution is -2.64. The number of nitrogens with one attached hydrogen (secondary N) is 1. The molecule has 3 amide bonds. The molecule has 49 heavy (non-hydrogen) atoms. The van der Waals surface area contributed by atoms with Crippen molar-refractivity contribution < 1.29 is 45.5 Å². The summed E-state index contributed by atoms with van der Waals surface area (Å²) in [6.45, 7) is 2.41. The van der Waals surface area contributed by atoms with Gasteiger partial charge in [-0.1, -0.05) is 19.1 Å². The predicted molar refractivity (Wildman–Crippen MR) is 171 cm³/mol. The van der Waals surface area contributed by atoms with Gasteiger partial charge in [-0.15, -0.1) is 12.4 Å². The molecule has 0 aliphatic carbocycles. The normalized spacial score (nSPS) is 18.4. The summed E-state index contributed by atoms with van der Waals surface area (Å²) in [6.07, 6.45) is -7.20. The van der Waals surface area contributed by atoms with E-state index in [1.165, 1.54) is 4.90 Å². The number of aromatic nitrogens is 1. The number of pyridine rings is 1. The first-order valence-corrected chi connectivity index (χ1v) is 15.3. The standard InChI is InChI=1S/C33H33F6N5O4.ClH/c1-2-28(45)41-26-6-3-4-7-27(26)42-16-18-43(19-17-42)30(47)31(48-23-10-8-22(9-11-23)32(34,35)36)13-5-15-44(21-31)29(46)24-20-40-14-12-25(24)33(37,38)39;/h3-4,6-12,14,20H,2,5,13,15-19,21H2,1H3,(H,41,45);1H. The van der Waals surface area contributed by atoms with Crippen LogP contribution >= 0.6 is 12.4 Å². The Bertz CT molecular complexity index is 1650. The molecule has 5 rings (SSSR count).